The Bertz CT molecular complexity index is 845. The van der Waals surface area contributed by atoms with Gasteiger partial charge in [-0.05, 0) is 40.3 Å². The van der Waals surface area contributed by atoms with E-state index in [0.29, 0.717) is 10.6 Å². The van der Waals surface area contributed by atoms with Crippen LogP contribution in [-0.4, -0.2) is 4.98 Å². The zero-order chi connectivity index (χ0) is 14.9. The summed E-state index contributed by atoms with van der Waals surface area (Å²) in [6.07, 6.45) is 0. The molecule has 1 aromatic carbocycles. The van der Waals surface area contributed by atoms with E-state index in [9.17, 15) is 10.1 Å². The highest BCUT2D eigenvalue weighted by molar-refractivity contribution is 14.1. The molecule has 0 amide bonds. The number of hydrogen-bond donors (Lipinski definition) is 2. The van der Waals surface area contributed by atoms with Crippen molar-refractivity contribution in [3.63, 3.8) is 0 Å². The Kier molecular flexibility index (Phi) is 3.98. The lowest BCUT2D eigenvalue weighted by Crippen LogP contribution is -2.16. The number of aromatic nitrogens is 1. The van der Waals surface area contributed by atoms with E-state index in [1.54, 1.807) is 24.3 Å². The fourth-order valence-corrected chi connectivity index (χ4v) is 2.30. The van der Waals surface area contributed by atoms with Gasteiger partial charge in [-0.3, -0.25) is 4.79 Å². The summed E-state index contributed by atoms with van der Waals surface area (Å²) in [6.45, 7) is 0. The van der Waals surface area contributed by atoms with E-state index >= 15 is 0 Å². The van der Waals surface area contributed by atoms with Gasteiger partial charge in [0, 0.05) is 9.13 Å². The maximum atomic E-state index is 11.8. The lowest BCUT2D eigenvalue weighted by atomic mass is 9.97. The van der Waals surface area contributed by atoms with Crippen LogP contribution in [0.25, 0.3) is 11.1 Å². The number of halogens is 2. The van der Waals surface area contributed by atoms with Gasteiger partial charge >= 0.3 is 0 Å². The van der Waals surface area contributed by atoms with Crippen molar-refractivity contribution in [1.29, 1.82) is 10.5 Å². The molecule has 0 unspecified atom stereocenters. The van der Waals surface area contributed by atoms with Gasteiger partial charge in [-0.15, -0.1) is 0 Å². The molecular weight excluding hydrogens is 391 g/mol. The highest BCUT2D eigenvalue weighted by Crippen LogP contribution is 2.31. The maximum absolute atomic E-state index is 11.8. The minimum Gasteiger partial charge on any atom is -0.384 e. The van der Waals surface area contributed by atoms with Gasteiger partial charge in [0.15, 0.2) is 0 Å². The number of nitrogens with two attached hydrogens (primary N) is 1. The van der Waals surface area contributed by atoms with Crippen LogP contribution in [0.4, 0.5) is 5.82 Å². The molecule has 0 aliphatic rings. The minimum atomic E-state index is -0.631. The van der Waals surface area contributed by atoms with E-state index in [2.05, 4.69) is 27.6 Å². The molecule has 0 atom stereocenters. The first kappa shape index (κ1) is 14.4. The van der Waals surface area contributed by atoms with Crippen molar-refractivity contribution in [3.8, 4) is 23.3 Å². The zero-order valence-electron chi connectivity index (χ0n) is 9.87. The summed E-state index contributed by atoms with van der Waals surface area (Å²) < 4.78 is 0.822. The van der Waals surface area contributed by atoms with Gasteiger partial charge in [0.25, 0.3) is 5.56 Å². The quantitative estimate of drug-likeness (QED) is 0.723. The van der Waals surface area contributed by atoms with Crippen molar-refractivity contribution in [2.45, 2.75) is 0 Å². The van der Waals surface area contributed by atoms with E-state index in [0.717, 1.165) is 3.57 Å². The number of nitriles is 2. The second kappa shape index (κ2) is 5.53. The summed E-state index contributed by atoms with van der Waals surface area (Å²) in [4.78, 5) is 14.1. The third kappa shape index (κ3) is 2.36. The Balaban J connectivity index is 2.92. The second-order valence-electron chi connectivity index (χ2n) is 3.85. The van der Waals surface area contributed by atoms with Crippen LogP contribution in [-0.2, 0) is 0 Å². The topological polar surface area (TPSA) is 106 Å². The molecule has 0 aliphatic heterocycles. The first-order valence-electron chi connectivity index (χ1n) is 5.31. The largest absolute Gasteiger partial charge is 0.384 e. The molecule has 1 aromatic heterocycles. The predicted molar refractivity (Wildman–Crippen MR) is 84.1 cm³/mol. The first-order chi connectivity index (χ1) is 9.49. The predicted octanol–water partition coefficient (Wildman–Crippen LogP) is 2.63. The molecule has 0 saturated heterocycles. The lowest BCUT2D eigenvalue weighted by Gasteiger charge is -2.09. The molecular formula is C13H6ClIN4O. The molecule has 0 aliphatic carbocycles. The molecule has 0 bridgehead atoms. The third-order valence-electron chi connectivity index (χ3n) is 2.68. The highest BCUT2D eigenvalue weighted by Gasteiger charge is 2.18. The van der Waals surface area contributed by atoms with Crippen molar-refractivity contribution in [3.05, 3.63) is 48.3 Å². The van der Waals surface area contributed by atoms with E-state index in [1.807, 2.05) is 6.07 Å². The molecule has 3 N–H and O–H groups in total. The third-order valence-corrected chi connectivity index (χ3v) is 4.25. The van der Waals surface area contributed by atoms with Crippen molar-refractivity contribution < 1.29 is 0 Å². The van der Waals surface area contributed by atoms with Gasteiger partial charge in [-0.25, -0.2) is 0 Å². The number of nitrogens with zero attached hydrogens (tertiary/aromatic N) is 2. The van der Waals surface area contributed by atoms with Crippen LogP contribution in [0.2, 0.25) is 5.02 Å². The Morgan fingerprint density at radius 1 is 1.25 bits per heavy atom. The van der Waals surface area contributed by atoms with E-state index in [4.69, 9.17) is 22.6 Å². The molecule has 0 saturated carbocycles. The Morgan fingerprint density at radius 3 is 2.45 bits per heavy atom. The fourth-order valence-electron chi connectivity index (χ4n) is 1.78. The Morgan fingerprint density at radius 2 is 1.90 bits per heavy atom. The number of H-pyrrole nitrogens is 1. The summed E-state index contributed by atoms with van der Waals surface area (Å²) in [5, 5.41) is 18.8. The average molecular weight is 397 g/mol. The van der Waals surface area contributed by atoms with Crippen LogP contribution in [0, 0.1) is 26.2 Å². The molecule has 20 heavy (non-hydrogen) atoms. The summed E-state index contributed by atoms with van der Waals surface area (Å²) in [5.41, 5.74) is 5.61. The van der Waals surface area contributed by atoms with Crippen LogP contribution in [0.1, 0.15) is 11.1 Å². The highest BCUT2D eigenvalue weighted by atomic mass is 127. The summed E-state index contributed by atoms with van der Waals surface area (Å²) in [6, 6.07) is 8.72. The molecule has 0 radical (unpaired) electrons. The van der Waals surface area contributed by atoms with Crippen molar-refractivity contribution >= 4 is 40.0 Å². The number of pyridine rings is 1. The normalized spacial score (nSPS) is 9.80. The van der Waals surface area contributed by atoms with Gasteiger partial charge in [-0.1, -0.05) is 17.7 Å². The zero-order valence-corrected chi connectivity index (χ0v) is 12.8. The average Bonchev–Trinajstić information content (AvgIpc) is 2.41. The van der Waals surface area contributed by atoms with Crippen molar-refractivity contribution in [2.24, 2.45) is 0 Å². The molecule has 5 nitrogen and oxygen atoms in total. The number of nitrogens with one attached hydrogen (secondary N) is 1. The summed E-state index contributed by atoms with van der Waals surface area (Å²) in [5.74, 6) is -0.0684. The van der Waals surface area contributed by atoms with E-state index < -0.39 is 5.56 Å². The number of anilines is 1. The molecule has 0 spiro atoms. The van der Waals surface area contributed by atoms with Crippen molar-refractivity contribution in [2.75, 3.05) is 5.73 Å². The molecule has 2 aromatic rings. The van der Waals surface area contributed by atoms with Crippen LogP contribution in [0.5, 0.6) is 0 Å². The molecule has 0 fully saturated rings. The summed E-state index contributed by atoms with van der Waals surface area (Å²) in [7, 11) is 0. The monoisotopic (exact) mass is 396 g/mol. The molecule has 98 valence electrons. The molecule has 2 rings (SSSR count). The standard InChI is InChI=1S/C13H6ClIN4O/c14-9-3-6(1-2-10(9)15)11-7(4-16)12(18)19-13(20)8(11)5-17/h1-3H,(H3,18,19,20). The number of nitrogen functional groups attached to an aromatic ring is 1. The van der Waals surface area contributed by atoms with Gasteiger partial charge in [0.2, 0.25) is 0 Å². The number of rotatable bonds is 1. The van der Waals surface area contributed by atoms with Crippen molar-refractivity contribution in [1.82, 2.24) is 4.98 Å². The number of aromatic amines is 1. The Labute approximate surface area is 132 Å². The van der Waals surface area contributed by atoms with Gasteiger partial charge in [-0.2, -0.15) is 10.5 Å². The van der Waals surface area contributed by atoms with E-state index in [-0.39, 0.29) is 22.5 Å². The van der Waals surface area contributed by atoms with Gasteiger partial charge in [0.05, 0.1) is 5.02 Å². The van der Waals surface area contributed by atoms with Crippen LogP contribution < -0.4 is 11.3 Å². The second-order valence-corrected chi connectivity index (χ2v) is 5.41. The first-order valence-corrected chi connectivity index (χ1v) is 6.76. The SMILES string of the molecule is N#Cc1c(N)[nH]c(=O)c(C#N)c1-c1ccc(I)c(Cl)c1. The van der Waals surface area contributed by atoms with E-state index in [1.165, 1.54) is 0 Å². The van der Waals surface area contributed by atoms with Crippen LogP contribution in [0.15, 0.2) is 23.0 Å². The number of benzene rings is 1. The minimum absolute atomic E-state index is 0.0541. The van der Waals surface area contributed by atoms with Gasteiger partial charge < -0.3 is 10.7 Å². The fraction of sp³-hybridized carbons (Fsp3) is 0. The van der Waals surface area contributed by atoms with Crippen LogP contribution in [0.3, 0.4) is 0 Å². The molecule has 1 heterocycles. The smallest absolute Gasteiger partial charge is 0.268 e. The summed E-state index contributed by atoms with van der Waals surface area (Å²) >= 11 is 8.10. The van der Waals surface area contributed by atoms with Gasteiger partial charge in [0.1, 0.15) is 29.1 Å². The lowest BCUT2D eigenvalue weighted by molar-refractivity contribution is 1.21. The Hall–Kier alpha value is -2.03. The molecule has 7 heteroatoms. The van der Waals surface area contributed by atoms with Crippen LogP contribution >= 0.6 is 34.2 Å². The number of hydrogen-bond acceptors (Lipinski definition) is 4. The maximum Gasteiger partial charge on any atom is 0.268 e.